The maximum Gasteiger partial charge on any atom is 0.295 e. The highest BCUT2D eigenvalue weighted by molar-refractivity contribution is 7.22. The van der Waals surface area contributed by atoms with E-state index in [-0.39, 0.29) is 17.8 Å². The summed E-state index contributed by atoms with van der Waals surface area (Å²) < 4.78 is 18.3. The van der Waals surface area contributed by atoms with Crippen LogP contribution in [0.5, 0.6) is 5.75 Å². The molecule has 5 rings (SSSR count). The second-order valence-corrected chi connectivity index (χ2v) is 8.97. The molecule has 0 radical (unpaired) electrons. The third-order valence-electron chi connectivity index (χ3n) is 5.64. The Bertz CT molecular complexity index is 1270. The molecule has 2 aromatic carbocycles. The summed E-state index contributed by atoms with van der Waals surface area (Å²) in [5.74, 6) is 0.653. The highest BCUT2D eigenvalue weighted by atomic mass is 32.1. The molecule has 0 spiro atoms. The second kappa shape index (κ2) is 7.98. The van der Waals surface area contributed by atoms with Crippen LogP contribution in [0.1, 0.15) is 34.5 Å². The van der Waals surface area contributed by atoms with Crippen LogP contribution in [0.15, 0.2) is 40.8 Å². The normalized spacial score (nSPS) is 16.3. The number of aryl methyl sites for hydroxylation is 2. The second-order valence-electron chi connectivity index (χ2n) is 7.97. The van der Waals surface area contributed by atoms with Crippen molar-refractivity contribution in [2.75, 3.05) is 25.2 Å². The number of carbonyl (C=O) groups excluding carboxylic acids is 1. The minimum Gasteiger partial charge on any atom is -0.493 e. The molecule has 1 fully saturated rings. The molecule has 1 aliphatic heterocycles. The first-order valence-corrected chi connectivity index (χ1v) is 11.2. The minimum absolute atomic E-state index is 0.00212. The predicted octanol–water partition coefficient (Wildman–Crippen LogP) is 5.49. The molecule has 4 aromatic rings. The summed E-state index contributed by atoms with van der Waals surface area (Å²) >= 11 is 1.53. The van der Waals surface area contributed by atoms with Crippen LogP contribution >= 0.6 is 11.3 Å². The zero-order valence-electron chi connectivity index (χ0n) is 17.8. The monoisotopic (exact) mass is 436 g/mol. The van der Waals surface area contributed by atoms with Crippen LogP contribution in [0.25, 0.3) is 21.2 Å². The van der Waals surface area contributed by atoms with Crippen molar-refractivity contribution in [1.29, 1.82) is 0 Å². The van der Waals surface area contributed by atoms with Crippen LogP contribution in [-0.4, -0.2) is 37.3 Å². The number of ether oxygens (including phenoxy) is 2. The van der Waals surface area contributed by atoms with Gasteiger partial charge in [-0.25, -0.2) is 4.98 Å². The van der Waals surface area contributed by atoms with Crippen molar-refractivity contribution in [3.05, 3.63) is 53.3 Å². The number of anilines is 1. The fourth-order valence-electron chi connectivity index (χ4n) is 4.15. The molecule has 6 nitrogen and oxygen atoms in total. The van der Waals surface area contributed by atoms with Crippen LogP contribution in [0, 0.1) is 13.8 Å². The number of amides is 1. The smallest absolute Gasteiger partial charge is 0.295 e. The van der Waals surface area contributed by atoms with Gasteiger partial charge in [-0.05, 0) is 56.0 Å². The number of para-hydroxylation sites is 1. The molecular weight excluding hydrogens is 412 g/mol. The number of thiazole rings is 1. The summed E-state index contributed by atoms with van der Waals surface area (Å²) in [5.41, 5.74) is 3.79. The Kier molecular flexibility index (Phi) is 5.16. The average molecular weight is 437 g/mol. The number of fused-ring (bicyclic) bond motifs is 2. The Morgan fingerprint density at radius 3 is 2.94 bits per heavy atom. The predicted molar refractivity (Wildman–Crippen MR) is 123 cm³/mol. The van der Waals surface area contributed by atoms with E-state index in [1.54, 1.807) is 18.1 Å². The molecule has 3 heterocycles. The van der Waals surface area contributed by atoms with Gasteiger partial charge in [0.05, 0.1) is 30.0 Å². The van der Waals surface area contributed by atoms with Crippen molar-refractivity contribution < 1.29 is 18.7 Å². The first-order chi connectivity index (χ1) is 15.0. The van der Waals surface area contributed by atoms with E-state index in [0.29, 0.717) is 23.0 Å². The molecular formula is C24H24N2O4S. The summed E-state index contributed by atoms with van der Waals surface area (Å²) in [7, 11) is 1.59. The van der Waals surface area contributed by atoms with E-state index in [2.05, 4.69) is 26.0 Å². The molecule has 7 heteroatoms. The Morgan fingerprint density at radius 1 is 1.29 bits per heavy atom. The van der Waals surface area contributed by atoms with Gasteiger partial charge in [-0.15, -0.1) is 0 Å². The standard InChI is InChI=1S/C24H24N2O4S/c1-14-10-15(2)21-20(11-14)31-24(25-21)26(13-17-7-5-9-29-17)23(27)19-12-16-6-4-8-18(28-3)22(16)30-19/h4,6,8,10-12,17H,5,7,9,13H2,1-3H3. The highest BCUT2D eigenvalue weighted by Crippen LogP contribution is 2.35. The largest absolute Gasteiger partial charge is 0.493 e. The van der Waals surface area contributed by atoms with E-state index >= 15 is 0 Å². The van der Waals surface area contributed by atoms with Gasteiger partial charge < -0.3 is 13.9 Å². The molecule has 1 saturated heterocycles. The molecule has 1 unspecified atom stereocenters. The number of hydrogen-bond acceptors (Lipinski definition) is 6. The van der Waals surface area contributed by atoms with E-state index in [1.165, 1.54) is 16.9 Å². The fraction of sp³-hybridized carbons (Fsp3) is 0.333. The number of benzene rings is 2. The Morgan fingerprint density at radius 2 is 2.16 bits per heavy atom. The lowest BCUT2D eigenvalue weighted by atomic mass is 10.1. The molecule has 0 aliphatic carbocycles. The first-order valence-electron chi connectivity index (χ1n) is 10.4. The number of hydrogen-bond donors (Lipinski definition) is 0. The SMILES string of the molecule is COc1cccc2cc(C(=O)N(CC3CCCO3)c3nc4c(C)cc(C)cc4s3)oc12. The van der Waals surface area contributed by atoms with Crippen molar-refractivity contribution in [2.24, 2.45) is 0 Å². The van der Waals surface area contributed by atoms with Crippen LogP contribution < -0.4 is 9.64 Å². The molecule has 1 amide bonds. The van der Waals surface area contributed by atoms with Gasteiger partial charge in [0.15, 0.2) is 22.2 Å². The highest BCUT2D eigenvalue weighted by Gasteiger charge is 2.29. The van der Waals surface area contributed by atoms with Crippen molar-refractivity contribution in [1.82, 2.24) is 4.98 Å². The zero-order valence-corrected chi connectivity index (χ0v) is 18.6. The summed E-state index contributed by atoms with van der Waals surface area (Å²) in [6.07, 6.45) is 1.94. The first kappa shape index (κ1) is 20.0. The van der Waals surface area contributed by atoms with Gasteiger partial charge in [0.1, 0.15) is 0 Å². The van der Waals surface area contributed by atoms with E-state index < -0.39 is 0 Å². The van der Waals surface area contributed by atoms with Gasteiger partial charge >= 0.3 is 0 Å². The van der Waals surface area contributed by atoms with Crippen molar-refractivity contribution in [2.45, 2.75) is 32.8 Å². The minimum atomic E-state index is -0.220. The van der Waals surface area contributed by atoms with Gasteiger partial charge in [0.2, 0.25) is 0 Å². The zero-order chi connectivity index (χ0) is 21.5. The van der Waals surface area contributed by atoms with E-state index in [1.807, 2.05) is 18.2 Å². The molecule has 0 saturated carbocycles. The van der Waals surface area contributed by atoms with Crippen LogP contribution in [0.2, 0.25) is 0 Å². The van der Waals surface area contributed by atoms with Gasteiger partial charge in [0.25, 0.3) is 5.91 Å². The lowest BCUT2D eigenvalue weighted by Crippen LogP contribution is -2.37. The number of aromatic nitrogens is 1. The molecule has 31 heavy (non-hydrogen) atoms. The lowest BCUT2D eigenvalue weighted by molar-refractivity contribution is 0.0896. The molecule has 1 aliphatic rings. The summed E-state index contributed by atoms with van der Waals surface area (Å²) in [5, 5.41) is 1.49. The van der Waals surface area contributed by atoms with E-state index in [0.717, 1.165) is 40.6 Å². The van der Waals surface area contributed by atoms with Crippen LogP contribution in [0.4, 0.5) is 5.13 Å². The number of nitrogens with zero attached hydrogens (tertiary/aromatic N) is 2. The summed E-state index contributed by atoms with van der Waals surface area (Å²) in [6.45, 7) is 5.30. The van der Waals surface area contributed by atoms with Crippen LogP contribution in [0.3, 0.4) is 0 Å². The molecule has 1 atom stereocenters. The Hall–Kier alpha value is -2.90. The van der Waals surface area contributed by atoms with Gasteiger partial charge in [-0.2, -0.15) is 0 Å². The van der Waals surface area contributed by atoms with Crippen molar-refractivity contribution in [3.8, 4) is 5.75 Å². The number of furan rings is 1. The maximum absolute atomic E-state index is 13.6. The van der Waals surface area contributed by atoms with E-state index in [9.17, 15) is 4.79 Å². The lowest BCUT2D eigenvalue weighted by Gasteiger charge is -2.22. The van der Waals surface area contributed by atoms with E-state index in [4.69, 9.17) is 18.9 Å². The van der Waals surface area contributed by atoms with Gasteiger partial charge in [-0.1, -0.05) is 29.5 Å². The Balaban J connectivity index is 1.57. The molecule has 0 N–H and O–H groups in total. The average Bonchev–Trinajstić information content (AvgIpc) is 3.49. The number of methoxy groups -OCH3 is 1. The summed E-state index contributed by atoms with van der Waals surface area (Å²) in [4.78, 5) is 20.2. The van der Waals surface area contributed by atoms with Crippen molar-refractivity contribution >= 4 is 43.6 Å². The number of carbonyl (C=O) groups is 1. The van der Waals surface area contributed by atoms with Gasteiger partial charge in [-0.3, -0.25) is 9.69 Å². The molecule has 2 aromatic heterocycles. The third-order valence-corrected chi connectivity index (χ3v) is 6.67. The van der Waals surface area contributed by atoms with Crippen LogP contribution in [-0.2, 0) is 4.74 Å². The maximum atomic E-state index is 13.6. The molecule has 0 bridgehead atoms. The third kappa shape index (κ3) is 3.68. The summed E-state index contributed by atoms with van der Waals surface area (Å²) in [6, 6.07) is 11.6. The topological polar surface area (TPSA) is 64.8 Å². The number of rotatable bonds is 5. The fourth-order valence-corrected chi connectivity index (χ4v) is 5.30. The molecule has 160 valence electrons. The van der Waals surface area contributed by atoms with Crippen molar-refractivity contribution in [3.63, 3.8) is 0 Å². The Labute approximate surface area is 184 Å². The quantitative estimate of drug-likeness (QED) is 0.414. The van der Waals surface area contributed by atoms with Gasteiger partial charge in [0, 0.05) is 12.0 Å².